The molecule has 14 heavy (non-hydrogen) atoms. The van der Waals surface area contributed by atoms with Crippen LogP contribution in [0.4, 0.5) is 0 Å². The van der Waals surface area contributed by atoms with Crippen LogP contribution >= 0.6 is 0 Å². The highest BCUT2D eigenvalue weighted by atomic mass is 14.9. The van der Waals surface area contributed by atoms with Crippen molar-refractivity contribution in [2.24, 2.45) is 5.73 Å². The molecule has 80 valence electrons. The van der Waals surface area contributed by atoms with Gasteiger partial charge in [-0.2, -0.15) is 0 Å². The first-order chi connectivity index (χ1) is 6.58. The minimum absolute atomic E-state index is 0.0336. The molecular weight excluding hydrogens is 174 g/mol. The van der Waals surface area contributed by atoms with Gasteiger partial charge in [-0.3, -0.25) is 0 Å². The fourth-order valence-electron chi connectivity index (χ4n) is 1.37. The second-order valence-electron chi connectivity index (χ2n) is 4.46. The molecule has 0 radical (unpaired) electrons. The Labute approximate surface area is 86.1 Å². The fraction of sp³-hybridized carbons (Fsp3) is 0.636. The number of hydrogen-bond donors (Lipinski definition) is 3. The van der Waals surface area contributed by atoms with E-state index < -0.39 is 0 Å². The van der Waals surface area contributed by atoms with Gasteiger partial charge in [0.15, 0.2) is 0 Å². The molecule has 0 bridgehead atoms. The number of nitrogens with two attached hydrogens (primary N) is 1. The molecule has 0 unspecified atom stereocenters. The number of aromatic amines is 1. The number of hydrogen-bond acceptors (Lipinski definition) is 2. The largest absolute Gasteiger partial charge is 0.364 e. The Kier molecular flexibility index (Phi) is 4.17. The summed E-state index contributed by atoms with van der Waals surface area (Å²) in [6, 6.07) is 4.10. The maximum Gasteiger partial charge on any atom is 0.0357 e. The Balaban J connectivity index is 2.00. The number of aromatic nitrogens is 1. The molecule has 0 saturated carbocycles. The van der Waals surface area contributed by atoms with Crippen LogP contribution in [0.2, 0.25) is 0 Å². The van der Waals surface area contributed by atoms with Gasteiger partial charge in [0.05, 0.1) is 0 Å². The third kappa shape index (κ3) is 5.04. The molecule has 0 fully saturated rings. The summed E-state index contributed by atoms with van der Waals surface area (Å²) >= 11 is 0. The zero-order valence-electron chi connectivity index (χ0n) is 9.14. The summed E-state index contributed by atoms with van der Waals surface area (Å²) in [6.07, 6.45) is 4.13. The Hall–Kier alpha value is -0.800. The summed E-state index contributed by atoms with van der Waals surface area (Å²) in [5.41, 5.74) is 7.08. The lowest BCUT2D eigenvalue weighted by Gasteiger charge is -2.17. The van der Waals surface area contributed by atoms with Crippen LogP contribution in [0.5, 0.6) is 0 Å². The Morgan fingerprint density at radius 1 is 1.50 bits per heavy atom. The fourth-order valence-corrected chi connectivity index (χ4v) is 1.37. The highest BCUT2D eigenvalue weighted by molar-refractivity contribution is 5.02. The van der Waals surface area contributed by atoms with E-state index in [4.69, 9.17) is 5.73 Å². The Morgan fingerprint density at radius 3 is 2.86 bits per heavy atom. The van der Waals surface area contributed by atoms with Crippen molar-refractivity contribution in [3.63, 3.8) is 0 Å². The Morgan fingerprint density at radius 2 is 2.29 bits per heavy atom. The van der Waals surface area contributed by atoms with Crippen molar-refractivity contribution < 1.29 is 0 Å². The van der Waals surface area contributed by atoms with Gasteiger partial charge in [-0.05, 0) is 45.4 Å². The van der Waals surface area contributed by atoms with Crippen molar-refractivity contribution >= 4 is 0 Å². The molecule has 1 rings (SSSR count). The van der Waals surface area contributed by atoms with Gasteiger partial charge in [0.1, 0.15) is 0 Å². The molecule has 1 aromatic rings. The van der Waals surface area contributed by atoms with Crippen molar-refractivity contribution in [1.29, 1.82) is 0 Å². The van der Waals surface area contributed by atoms with Crippen LogP contribution in [-0.2, 0) is 6.54 Å². The molecule has 1 aromatic heterocycles. The third-order valence-corrected chi connectivity index (χ3v) is 2.15. The lowest BCUT2D eigenvalue weighted by molar-refractivity contribution is 0.448. The van der Waals surface area contributed by atoms with Gasteiger partial charge in [-0.25, -0.2) is 0 Å². The number of H-pyrrole nitrogens is 1. The van der Waals surface area contributed by atoms with Gasteiger partial charge in [0.2, 0.25) is 0 Å². The van der Waals surface area contributed by atoms with Crippen molar-refractivity contribution in [3.8, 4) is 0 Å². The van der Waals surface area contributed by atoms with E-state index in [1.165, 1.54) is 5.69 Å². The molecule has 0 aliphatic carbocycles. The van der Waals surface area contributed by atoms with E-state index in [0.29, 0.717) is 0 Å². The van der Waals surface area contributed by atoms with E-state index in [1.54, 1.807) is 0 Å². The molecule has 0 saturated heterocycles. The second-order valence-corrected chi connectivity index (χ2v) is 4.46. The molecule has 4 N–H and O–H groups in total. The maximum absolute atomic E-state index is 5.88. The van der Waals surface area contributed by atoms with Gasteiger partial charge in [0, 0.05) is 24.0 Å². The summed E-state index contributed by atoms with van der Waals surface area (Å²) in [7, 11) is 0. The van der Waals surface area contributed by atoms with Crippen molar-refractivity contribution in [1.82, 2.24) is 10.3 Å². The zero-order valence-corrected chi connectivity index (χ0v) is 9.14. The number of rotatable bonds is 6. The van der Waals surface area contributed by atoms with Gasteiger partial charge < -0.3 is 16.0 Å². The van der Waals surface area contributed by atoms with Gasteiger partial charge in [-0.1, -0.05) is 0 Å². The van der Waals surface area contributed by atoms with Crippen LogP contribution < -0.4 is 11.1 Å². The van der Waals surface area contributed by atoms with Crippen LogP contribution in [0.25, 0.3) is 0 Å². The maximum atomic E-state index is 5.88. The smallest absolute Gasteiger partial charge is 0.0357 e. The topological polar surface area (TPSA) is 53.8 Å². The molecule has 1 heterocycles. The first-order valence-electron chi connectivity index (χ1n) is 5.20. The standard InChI is InChI=1S/C11H21N3/c1-11(2,12)6-4-7-13-9-10-5-3-8-14-10/h3,5,8,13-14H,4,6-7,9,12H2,1-2H3. The quantitative estimate of drug-likeness (QED) is 0.604. The monoisotopic (exact) mass is 195 g/mol. The van der Waals surface area contributed by atoms with E-state index in [9.17, 15) is 0 Å². The van der Waals surface area contributed by atoms with Crippen molar-refractivity contribution in [3.05, 3.63) is 24.0 Å². The molecule has 0 aliphatic rings. The zero-order chi connectivity index (χ0) is 10.4. The summed E-state index contributed by atoms with van der Waals surface area (Å²) in [5, 5.41) is 3.37. The Bertz CT molecular complexity index is 234. The van der Waals surface area contributed by atoms with Crippen LogP contribution in [0, 0.1) is 0 Å². The average molecular weight is 195 g/mol. The predicted molar refractivity (Wildman–Crippen MR) is 60.0 cm³/mol. The van der Waals surface area contributed by atoms with Crippen LogP contribution in [-0.4, -0.2) is 17.1 Å². The van der Waals surface area contributed by atoms with Crippen LogP contribution in [0.3, 0.4) is 0 Å². The van der Waals surface area contributed by atoms with Crippen molar-refractivity contribution in [2.75, 3.05) is 6.54 Å². The molecule has 3 nitrogen and oxygen atoms in total. The lowest BCUT2D eigenvalue weighted by Crippen LogP contribution is -2.32. The minimum Gasteiger partial charge on any atom is -0.364 e. The molecular formula is C11H21N3. The highest BCUT2D eigenvalue weighted by Gasteiger charge is 2.08. The second kappa shape index (κ2) is 5.17. The van der Waals surface area contributed by atoms with E-state index in [1.807, 2.05) is 12.3 Å². The predicted octanol–water partition coefficient (Wildman–Crippen LogP) is 1.62. The van der Waals surface area contributed by atoms with Crippen molar-refractivity contribution in [2.45, 2.75) is 38.8 Å². The van der Waals surface area contributed by atoms with Gasteiger partial charge >= 0.3 is 0 Å². The molecule has 0 spiro atoms. The van der Waals surface area contributed by atoms with E-state index in [-0.39, 0.29) is 5.54 Å². The van der Waals surface area contributed by atoms with Gasteiger partial charge in [0.25, 0.3) is 0 Å². The summed E-state index contributed by atoms with van der Waals surface area (Å²) < 4.78 is 0. The third-order valence-electron chi connectivity index (χ3n) is 2.15. The summed E-state index contributed by atoms with van der Waals surface area (Å²) in [5.74, 6) is 0. The van der Waals surface area contributed by atoms with Crippen LogP contribution in [0.1, 0.15) is 32.4 Å². The van der Waals surface area contributed by atoms with E-state index >= 15 is 0 Å². The SMILES string of the molecule is CC(C)(N)CCCNCc1ccc[nH]1. The molecule has 0 atom stereocenters. The lowest BCUT2D eigenvalue weighted by atomic mass is 10.0. The average Bonchev–Trinajstić information content (AvgIpc) is 2.54. The molecule has 0 amide bonds. The molecule has 0 aromatic carbocycles. The highest BCUT2D eigenvalue weighted by Crippen LogP contribution is 2.05. The molecule has 3 heteroatoms. The van der Waals surface area contributed by atoms with Crippen LogP contribution in [0.15, 0.2) is 18.3 Å². The molecule has 0 aliphatic heterocycles. The summed E-state index contributed by atoms with van der Waals surface area (Å²) in [4.78, 5) is 3.16. The van der Waals surface area contributed by atoms with Gasteiger partial charge in [-0.15, -0.1) is 0 Å². The van der Waals surface area contributed by atoms with E-state index in [0.717, 1.165) is 25.9 Å². The first-order valence-corrected chi connectivity index (χ1v) is 5.20. The van der Waals surface area contributed by atoms with E-state index in [2.05, 4.69) is 30.2 Å². The summed E-state index contributed by atoms with van der Waals surface area (Å²) in [6.45, 7) is 6.08. The number of nitrogens with one attached hydrogen (secondary N) is 2. The minimum atomic E-state index is -0.0336. The first kappa shape index (κ1) is 11.3. The normalized spacial score (nSPS) is 11.9.